The molecule has 1 aliphatic rings. The molecule has 1 saturated heterocycles. The lowest BCUT2D eigenvalue weighted by Crippen LogP contribution is -2.57. The summed E-state index contributed by atoms with van der Waals surface area (Å²) in [7, 11) is 0. The van der Waals surface area contributed by atoms with Crippen LogP contribution in [0.15, 0.2) is 0 Å². The van der Waals surface area contributed by atoms with Crippen LogP contribution in [0, 0.1) is 0 Å². The first-order valence-corrected chi connectivity index (χ1v) is 11.2. The van der Waals surface area contributed by atoms with E-state index >= 15 is 0 Å². The number of amides is 4. The van der Waals surface area contributed by atoms with Crippen LogP contribution in [0.5, 0.6) is 0 Å². The van der Waals surface area contributed by atoms with Crippen molar-refractivity contribution in [3.05, 3.63) is 0 Å². The molecule has 1 aliphatic heterocycles. The molecule has 32 heavy (non-hydrogen) atoms. The highest BCUT2D eigenvalue weighted by molar-refractivity contribution is 7.80. The molecule has 0 aliphatic carbocycles. The van der Waals surface area contributed by atoms with Crippen molar-refractivity contribution in [2.45, 2.75) is 69.1 Å². The number of carbonyl (C=O) groups excluding carboxylic acids is 4. The minimum Gasteiger partial charge on any atom is -0.480 e. The van der Waals surface area contributed by atoms with Crippen LogP contribution >= 0.6 is 12.6 Å². The zero-order valence-corrected chi connectivity index (χ0v) is 18.9. The summed E-state index contributed by atoms with van der Waals surface area (Å²) in [4.78, 5) is 62.1. The Balaban J connectivity index is 2.91. The van der Waals surface area contributed by atoms with Crippen molar-refractivity contribution in [3.8, 4) is 0 Å². The quantitative estimate of drug-likeness (QED) is 0.107. The van der Waals surface area contributed by atoms with Gasteiger partial charge in [0.1, 0.15) is 18.1 Å². The second kappa shape index (κ2) is 13.9. The maximum Gasteiger partial charge on any atom is 0.326 e. The van der Waals surface area contributed by atoms with E-state index in [4.69, 9.17) is 17.2 Å². The molecule has 0 aromatic carbocycles. The highest BCUT2D eigenvalue weighted by atomic mass is 32.1. The van der Waals surface area contributed by atoms with Crippen molar-refractivity contribution in [1.82, 2.24) is 15.5 Å². The van der Waals surface area contributed by atoms with Gasteiger partial charge in [-0.1, -0.05) is 0 Å². The van der Waals surface area contributed by atoms with Gasteiger partial charge >= 0.3 is 5.97 Å². The van der Waals surface area contributed by atoms with Gasteiger partial charge in [0.05, 0.1) is 6.04 Å². The molecule has 9 N–H and O–H groups in total. The number of unbranched alkanes of at least 4 members (excludes halogenated alkanes) is 1. The Morgan fingerprint density at radius 3 is 2.34 bits per heavy atom. The number of likely N-dealkylation sites (tertiary alicyclic amines) is 1. The maximum atomic E-state index is 13.1. The number of thiol groups is 1. The number of nitrogens with one attached hydrogen (secondary N) is 2. The third-order valence-corrected chi connectivity index (χ3v) is 5.62. The van der Waals surface area contributed by atoms with Gasteiger partial charge < -0.3 is 37.8 Å². The number of aliphatic carboxylic acids is 1. The maximum absolute atomic E-state index is 13.1. The first-order valence-electron chi connectivity index (χ1n) is 10.6. The van der Waals surface area contributed by atoms with E-state index in [9.17, 15) is 29.1 Å². The highest BCUT2D eigenvalue weighted by Gasteiger charge is 2.39. The zero-order valence-electron chi connectivity index (χ0n) is 18.0. The van der Waals surface area contributed by atoms with Gasteiger partial charge in [0, 0.05) is 18.7 Å². The molecule has 4 atom stereocenters. The molecule has 4 amide bonds. The van der Waals surface area contributed by atoms with Gasteiger partial charge in [-0.25, -0.2) is 4.79 Å². The molecule has 1 heterocycles. The monoisotopic (exact) mass is 474 g/mol. The van der Waals surface area contributed by atoms with E-state index in [0.29, 0.717) is 32.2 Å². The molecule has 4 unspecified atom stereocenters. The summed E-state index contributed by atoms with van der Waals surface area (Å²) in [6.45, 7) is 0.671. The SMILES string of the molecule is NCCCCC(NC(=O)C1CCCN1C(=O)C(CCC(N)=O)NC(=O)C(N)CS)C(=O)O. The molecule has 0 aromatic heterocycles. The fraction of sp³-hybridized carbons (Fsp3) is 0.737. The van der Waals surface area contributed by atoms with Crippen LogP contribution in [0.3, 0.4) is 0 Å². The Hall–Kier alpha value is -2.38. The van der Waals surface area contributed by atoms with E-state index in [0.717, 1.165) is 0 Å². The van der Waals surface area contributed by atoms with E-state index in [-0.39, 0.29) is 31.6 Å². The predicted molar refractivity (Wildman–Crippen MR) is 119 cm³/mol. The van der Waals surface area contributed by atoms with Crippen molar-refractivity contribution >= 4 is 42.2 Å². The smallest absolute Gasteiger partial charge is 0.326 e. The molecular weight excluding hydrogens is 440 g/mol. The van der Waals surface area contributed by atoms with E-state index < -0.39 is 53.8 Å². The fourth-order valence-electron chi connectivity index (χ4n) is 3.43. The molecule has 0 saturated carbocycles. The Kier molecular flexibility index (Phi) is 12.0. The summed E-state index contributed by atoms with van der Waals surface area (Å²) < 4.78 is 0. The predicted octanol–water partition coefficient (Wildman–Crippen LogP) is -2.32. The third kappa shape index (κ3) is 8.63. The molecule has 0 spiro atoms. The number of hydrogen-bond acceptors (Lipinski definition) is 8. The first-order chi connectivity index (χ1) is 15.1. The van der Waals surface area contributed by atoms with Crippen LogP contribution < -0.4 is 27.8 Å². The van der Waals surface area contributed by atoms with Crippen molar-refractivity contribution in [3.63, 3.8) is 0 Å². The average molecular weight is 475 g/mol. The molecule has 13 heteroatoms. The van der Waals surface area contributed by atoms with Gasteiger partial charge in [-0.3, -0.25) is 19.2 Å². The van der Waals surface area contributed by atoms with Crippen molar-refractivity contribution in [2.24, 2.45) is 17.2 Å². The van der Waals surface area contributed by atoms with Crippen LogP contribution in [0.1, 0.15) is 44.9 Å². The lowest BCUT2D eigenvalue weighted by molar-refractivity contribution is -0.145. The molecule has 0 bridgehead atoms. The summed E-state index contributed by atoms with van der Waals surface area (Å²) in [6, 6.07) is -4.03. The van der Waals surface area contributed by atoms with Crippen LogP contribution in [0.4, 0.5) is 0 Å². The number of carbonyl (C=O) groups is 5. The van der Waals surface area contributed by atoms with Gasteiger partial charge in [0.25, 0.3) is 0 Å². The summed E-state index contributed by atoms with van der Waals surface area (Å²) in [5, 5.41) is 14.4. The molecule has 1 fully saturated rings. The average Bonchev–Trinajstić information content (AvgIpc) is 3.24. The van der Waals surface area contributed by atoms with Crippen LogP contribution in [0.25, 0.3) is 0 Å². The third-order valence-electron chi connectivity index (χ3n) is 5.23. The fourth-order valence-corrected chi connectivity index (χ4v) is 3.59. The number of carboxylic acid groups (broad SMARTS) is 1. The standard InChI is InChI=1S/C19H34N6O6S/c20-8-2-1-4-13(19(30)31)24-17(28)14-5-3-9-25(14)18(29)12(6-7-15(22)26)23-16(27)11(21)10-32/h11-14,32H,1-10,20-21H2,(H2,22,26)(H,23,27)(H,24,28)(H,30,31). The first kappa shape index (κ1) is 27.7. The Morgan fingerprint density at radius 1 is 1.09 bits per heavy atom. The van der Waals surface area contributed by atoms with Gasteiger partial charge in [-0.05, 0) is 45.1 Å². The highest BCUT2D eigenvalue weighted by Crippen LogP contribution is 2.20. The second-order valence-electron chi connectivity index (χ2n) is 7.73. The minimum absolute atomic E-state index is 0.0536. The van der Waals surface area contributed by atoms with Crippen LogP contribution in [-0.4, -0.2) is 82.6 Å². The van der Waals surface area contributed by atoms with E-state index in [1.807, 2.05) is 0 Å². The van der Waals surface area contributed by atoms with Crippen molar-refractivity contribution in [2.75, 3.05) is 18.8 Å². The van der Waals surface area contributed by atoms with E-state index in [1.54, 1.807) is 0 Å². The number of rotatable bonds is 14. The number of hydrogen-bond donors (Lipinski definition) is 7. The van der Waals surface area contributed by atoms with Gasteiger partial charge in [0.2, 0.25) is 23.6 Å². The number of primary amides is 1. The number of carboxylic acids is 1. The van der Waals surface area contributed by atoms with E-state index in [1.165, 1.54) is 4.90 Å². The van der Waals surface area contributed by atoms with Crippen molar-refractivity contribution in [1.29, 1.82) is 0 Å². The Morgan fingerprint density at radius 2 is 1.78 bits per heavy atom. The minimum atomic E-state index is -1.17. The van der Waals surface area contributed by atoms with Crippen LogP contribution in [0.2, 0.25) is 0 Å². The molecular formula is C19H34N6O6S. The molecule has 182 valence electrons. The number of nitrogens with two attached hydrogens (primary N) is 3. The molecule has 12 nitrogen and oxygen atoms in total. The molecule has 0 aromatic rings. The van der Waals surface area contributed by atoms with Gasteiger partial charge in [-0.15, -0.1) is 0 Å². The summed E-state index contributed by atoms with van der Waals surface area (Å²) >= 11 is 3.96. The lowest BCUT2D eigenvalue weighted by Gasteiger charge is -2.29. The topological polar surface area (TPSA) is 211 Å². The van der Waals surface area contributed by atoms with Crippen molar-refractivity contribution < 1.29 is 29.1 Å². The van der Waals surface area contributed by atoms with Gasteiger partial charge in [0.15, 0.2) is 0 Å². The number of nitrogens with zero attached hydrogens (tertiary/aromatic N) is 1. The Labute approximate surface area is 192 Å². The Bertz CT molecular complexity index is 693. The van der Waals surface area contributed by atoms with E-state index in [2.05, 4.69) is 23.3 Å². The summed E-state index contributed by atoms with van der Waals surface area (Å²) in [5.74, 6) is -3.51. The largest absolute Gasteiger partial charge is 0.480 e. The normalized spacial score (nSPS) is 18.5. The summed E-state index contributed by atoms with van der Waals surface area (Å²) in [6.07, 6.45) is 2.05. The molecule has 1 rings (SSSR count). The zero-order chi connectivity index (χ0) is 24.3. The van der Waals surface area contributed by atoms with Crippen LogP contribution in [-0.2, 0) is 24.0 Å². The summed E-state index contributed by atoms with van der Waals surface area (Å²) in [5.41, 5.74) is 16.3. The van der Waals surface area contributed by atoms with Gasteiger partial charge in [-0.2, -0.15) is 12.6 Å². The lowest BCUT2D eigenvalue weighted by atomic mass is 10.1. The molecule has 0 radical (unpaired) electrons. The second-order valence-corrected chi connectivity index (χ2v) is 8.09.